The van der Waals surface area contributed by atoms with Gasteiger partial charge in [-0.2, -0.15) is 17.0 Å². The number of benzene rings is 1. The standard InChI is InChI=1S/C20H29N3O3S/c1-14-7-4-5-10-17(14)19-18-13-22(20(24)15-8-6-9-15)11-16(18)12-23(19)27(25,26)21(2)3/h4-5,7,10,15-16,18-19H,6,8-9,11-13H2,1-3H3/t16-,18-,19+/m0/s1. The van der Waals surface area contributed by atoms with E-state index in [0.717, 1.165) is 30.4 Å². The number of carbonyl (C=O) groups is 1. The predicted molar refractivity (Wildman–Crippen MR) is 104 cm³/mol. The average molecular weight is 392 g/mol. The molecule has 7 heteroatoms. The summed E-state index contributed by atoms with van der Waals surface area (Å²) in [5, 5.41) is 0. The topological polar surface area (TPSA) is 60.9 Å². The summed E-state index contributed by atoms with van der Waals surface area (Å²) in [7, 11) is -0.341. The van der Waals surface area contributed by atoms with Crippen molar-refractivity contribution in [3.63, 3.8) is 0 Å². The van der Waals surface area contributed by atoms with Gasteiger partial charge in [0.05, 0.1) is 6.04 Å². The van der Waals surface area contributed by atoms with Gasteiger partial charge >= 0.3 is 0 Å². The van der Waals surface area contributed by atoms with Crippen LogP contribution in [0.15, 0.2) is 24.3 Å². The number of carbonyl (C=O) groups excluding carboxylic acids is 1. The Labute approximate surface area is 162 Å². The van der Waals surface area contributed by atoms with Gasteiger partial charge in [-0.25, -0.2) is 0 Å². The molecule has 148 valence electrons. The molecule has 2 heterocycles. The predicted octanol–water partition coefficient (Wildman–Crippen LogP) is 2.03. The van der Waals surface area contributed by atoms with E-state index in [2.05, 4.69) is 0 Å². The second-order valence-corrected chi connectivity index (χ2v) is 10.6. The van der Waals surface area contributed by atoms with Gasteiger partial charge in [0.1, 0.15) is 0 Å². The Morgan fingerprint density at radius 1 is 1.11 bits per heavy atom. The minimum Gasteiger partial charge on any atom is -0.342 e. The Hall–Kier alpha value is -1.44. The quantitative estimate of drug-likeness (QED) is 0.789. The minimum absolute atomic E-state index is 0.157. The van der Waals surface area contributed by atoms with Crippen LogP contribution < -0.4 is 0 Å². The summed E-state index contributed by atoms with van der Waals surface area (Å²) in [4.78, 5) is 14.7. The molecule has 3 fully saturated rings. The molecule has 2 saturated heterocycles. The van der Waals surface area contributed by atoms with Gasteiger partial charge in [0, 0.05) is 45.6 Å². The molecule has 1 saturated carbocycles. The van der Waals surface area contributed by atoms with Crippen molar-refractivity contribution < 1.29 is 13.2 Å². The van der Waals surface area contributed by atoms with Crippen LogP contribution in [0, 0.1) is 24.7 Å². The summed E-state index contributed by atoms with van der Waals surface area (Å²) < 4.78 is 29.0. The van der Waals surface area contributed by atoms with Gasteiger partial charge < -0.3 is 4.90 Å². The van der Waals surface area contributed by atoms with Crippen LogP contribution >= 0.6 is 0 Å². The molecule has 0 aromatic heterocycles. The maximum absolute atomic E-state index is 13.0. The molecule has 4 rings (SSSR count). The molecule has 1 amide bonds. The fourth-order valence-corrected chi connectivity index (χ4v) is 6.21. The molecule has 3 atom stereocenters. The van der Waals surface area contributed by atoms with Gasteiger partial charge in [0.2, 0.25) is 5.91 Å². The first-order valence-corrected chi connectivity index (χ1v) is 11.2. The molecule has 1 aromatic rings. The molecule has 27 heavy (non-hydrogen) atoms. The van der Waals surface area contributed by atoms with Crippen LogP contribution in [-0.4, -0.2) is 61.6 Å². The number of aryl methyl sites for hydroxylation is 1. The second-order valence-electron chi connectivity index (χ2n) is 8.46. The van der Waals surface area contributed by atoms with E-state index in [1.807, 2.05) is 36.1 Å². The van der Waals surface area contributed by atoms with Crippen LogP contribution in [0.2, 0.25) is 0 Å². The summed E-state index contributed by atoms with van der Waals surface area (Å²) in [6.07, 6.45) is 3.16. The zero-order valence-electron chi connectivity index (χ0n) is 16.3. The summed E-state index contributed by atoms with van der Waals surface area (Å²) >= 11 is 0. The molecule has 1 aliphatic carbocycles. The molecular weight excluding hydrogens is 362 g/mol. The Morgan fingerprint density at radius 3 is 2.41 bits per heavy atom. The first-order valence-electron chi connectivity index (χ1n) is 9.84. The highest BCUT2D eigenvalue weighted by atomic mass is 32.2. The smallest absolute Gasteiger partial charge is 0.282 e. The number of hydrogen-bond donors (Lipinski definition) is 0. The number of hydrogen-bond acceptors (Lipinski definition) is 3. The normalized spacial score (nSPS) is 29.2. The maximum atomic E-state index is 13.0. The van der Waals surface area contributed by atoms with Crippen LogP contribution in [0.3, 0.4) is 0 Å². The van der Waals surface area contributed by atoms with Gasteiger partial charge in [-0.15, -0.1) is 0 Å². The van der Waals surface area contributed by atoms with E-state index in [4.69, 9.17) is 0 Å². The van der Waals surface area contributed by atoms with Crippen molar-refractivity contribution in [1.82, 2.24) is 13.5 Å². The van der Waals surface area contributed by atoms with E-state index in [9.17, 15) is 13.2 Å². The van der Waals surface area contributed by atoms with Crippen LogP contribution in [-0.2, 0) is 15.0 Å². The number of rotatable bonds is 4. The Balaban J connectivity index is 1.66. The first-order chi connectivity index (χ1) is 12.8. The zero-order valence-corrected chi connectivity index (χ0v) is 17.2. The molecule has 3 aliphatic rings. The van der Waals surface area contributed by atoms with Gasteiger partial charge in [0.25, 0.3) is 10.2 Å². The van der Waals surface area contributed by atoms with E-state index in [1.54, 1.807) is 18.4 Å². The maximum Gasteiger partial charge on any atom is 0.282 e. The van der Waals surface area contributed by atoms with Gasteiger partial charge in [-0.1, -0.05) is 30.7 Å². The lowest BCUT2D eigenvalue weighted by Crippen LogP contribution is -2.44. The Kier molecular flexibility index (Phi) is 4.81. The van der Waals surface area contributed by atoms with Crippen molar-refractivity contribution in [2.75, 3.05) is 33.7 Å². The largest absolute Gasteiger partial charge is 0.342 e. The number of nitrogens with zero attached hydrogens (tertiary/aromatic N) is 3. The number of likely N-dealkylation sites (tertiary alicyclic amines) is 1. The summed E-state index contributed by atoms with van der Waals surface area (Å²) in [6, 6.07) is 7.83. The average Bonchev–Trinajstić information content (AvgIpc) is 3.12. The van der Waals surface area contributed by atoms with E-state index >= 15 is 0 Å². The number of amides is 1. The SMILES string of the molecule is Cc1ccccc1[C@@H]1[C@H]2CN(C(=O)C3CCC3)C[C@H]2CN1S(=O)(=O)N(C)C. The van der Waals surface area contributed by atoms with Gasteiger partial charge in [-0.05, 0) is 36.8 Å². The molecule has 0 radical (unpaired) electrons. The van der Waals surface area contributed by atoms with Crippen LogP contribution in [0.25, 0.3) is 0 Å². The van der Waals surface area contributed by atoms with E-state index in [0.29, 0.717) is 19.6 Å². The van der Waals surface area contributed by atoms with Crippen LogP contribution in [0.1, 0.15) is 36.4 Å². The lowest BCUT2D eigenvalue weighted by molar-refractivity contribution is -0.137. The summed E-state index contributed by atoms with van der Waals surface area (Å²) in [5.41, 5.74) is 2.17. The second kappa shape index (κ2) is 6.87. The fraction of sp³-hybridized carbons (Fsp3) is 0.650. The van der Waals surface area contributed by atoms with Crippen molar-refractivity contribution >= 4 is 16.1 Å². The van der Waals surface area contributed by atoms with Gasteiger partial charge in [0.15, 0.2) is 0 Å². The number of fused-ring (bicyclic) bond motifs is 1. The molecule has 2 aliphatic heterocycles. The van der Waals surface area contributed by atoms with Crippen molar-refractivity contribution in [3.8, 4) is 0 Å². The summed E-state index contributed by atoms with van der Waals surface area (Å²) in [6.45, 7) is 3.87. The molecule has 0 bridgehead atoms. The molecular formula is C20H29N3O3S. The molecule has 0 N–H and O–H groups in total. The van der Waals surface area contributed by atoms with Gasteiger partial charge in [-0.3, -0.25) is 4.79 Å². The Bertz CT molecular complexity index is 835. The third-order valence-corrected chi connectivity index (χ3v) is 8.54. The molecule has 6 nitrogen and oxygen atoms in total. The van der Waals surface area contributed by atoms with Crippen molar-refractivity contribution in [2.45, 2.75) is 32.2 Å². The van der Waals surface area contributed by atoms with Crippen LogP contribution in [0.4, 0.5) is 0 Å². The molecule has 1 aromatic carbocycles. The highest BCUT2D eigenvalue weighted by Gasteiger charge is 2.53. The lowest BCUT2D eigenvalue weighted by atomic mass is 9.84. The zero-order chi connectivity index (χ0) is 19.3. The fourth-order valence-electron chi connectivity index (χ4n) is 4.85. The van der Waals surface area contributed by atoms with Crippen molar-refractivity contribution in [1.29, 1.82) is 0 Å². The third kappa shape index (κ3) is 3.09. The van der Waals surface area contributed by atoms with E-state index < -0.39 is 10.2 Å². The Morgan fingerprint density at radius 2 is 1.81 bits per heavy atom. The van der Waals surface area contributed by atoms with Crippen LogP contribution in [0.5, 0.6) is 0 Å². The highest BCUT2D eigenvalue weighted by molar-refractivity contribution is 7.86. The van der Waals surface area contributed by atoms with Crippen molar-refractivity contribution in [3.05, 3.63) is 35.4 Å². The highest BCUT2D eigenvalue weighted by Crippen LogP contribution is 2.48. The van der Waals surface area contributed by atoms with Crippen molar-refractivity contribution in [2.24, 2.45) is 17.8 Å². The van der Waals surface area contributed by atoms with E-state index in [1.165, 1.54) is 4.31 Å². The monoisotopic (exact) mass is 391 g/mol. The van der Waals surface area contributed by atoms with E-state index in [-0.39, 0.29) is 29.7 Å². The third-order valence-electron chi connectivity index (χ3n) is 6.65. The first kappa shape index (κ1) is 18.9. The summed E-state index contributed by atoms with van der Waals surface area (Å²) in [5.74, 6) is 0.835. The molecule has 0 spiro atoms. The molecule has 0 unspecified atom stereocenters. The lowest BCUT2D eigenvalue weighted by Gasteiger charge is -2.33. The minimum atomic E-state index is -3.52.